The zero-order valence-electron chi connectivity index (χ0n) is 9.02. The lowest BCUT2D eigenvalue weighted by atomic mass is 10.4. The van der Waals surface area contributed by atoms with E-state index in [0.717, 1.165) is 0 Å². The summed E-state index contributed by atoms with van der Waals surface area (Å²) < 4.78 is 29.9. The zero-order valence-corrected chi connectivity index (χ0v) is 9.91. The van der Waals surface area contributed by atoms with Crippen molar-refractivity contribution in [1.29, 1.82) is 0 Å². The van der Waals surface area contributed by atoms with E-state index in [4.69, 9.17) is 4.52 Å². The first-order valence-corrected chi connectivity index (χ1v) is 5.68. The molecule has 0 spiro atoms. The molecule has 1 atom stereocenters. The third-order valence-electron chi connectivity index (χ3n) is 1.26. The van der Waals surface area contributed by atoms with Crippen molar-refractivity contribution in [3.63, 3.8) is 0 Å². The summed E-state index contributed by atoms with van der Waals surface area (Å²) in [5.41, 5.74) is 0.224. The van der Waals surface area contributed by atoms with Gasteiger partial charge in [0.25, 0.3) is 0 Å². The van der Waals surface area contributed by atoms with Gasteiger partial charge in [-0.15, -0.1) is 0 Å². The highest BCUT2D eigenvalue weighted by Gasteiger charge is 2.24. The quantitative estimate of drug-likeness (QED) is 0.292. The molecule has 0 aliphatic carbocycles. The molecule has 0 N–H and O–H groups in total. The number of phosphoric ester groups is 1. The number of hydrogen-bond acceptors (Lipinski definition) is 6. The highest BCUT2D eigenvalue weighted by atomic mass is 31.2. The van der Waals surface area contributed by atoms with Crippen LogP contribution in [0.25, 0.3) is 0 Å². The van der Waals surface area contributed by atoms with Crippen LogP contribution in [0.4, 0.5) is 0 Å². The average Bonchev–Trinajstić information content (AvgIpc) is 2.18. The predicted octanol–water partition coefficient (Wildman–Crippen LogP) is 1.87. The average molecular weight is 238 g/mol. The van der Waals surface area contributed by atoms with Crippen molar-refractivity contribution in [2.45, 2.75) is 13.8 Å². The Balaban J connectivity index is 3.97. The van der Waals surface area contributed by atoms with Gasteiger partial charge in [-0.1, -0.05) is 6.58 Å². The minimum Gasteiger partial charge on any atom is -0.435 e. The molecule has 0 aromatic heterocycles. The Morgan fingerprint density at radius 1 is 1.40 bits per heavy atom. The van der Waals surface area contributed by atoms with Crippen molar-refractivity contribution in [2.75, 3.05) is 20.5 Å². The first kappa shape index (κ1) is 14.3. The second-order valence-electron chi connectivity index (χ2n) is 2.51. The largest absolute Gasteiger partial charge is 0.477 e. The Kier molecular flexibility index (Phi) is 6.43. The van der Waals surface area contributed by atoms with E-state index in [2.05, 4.69) is 20.4 Å². The van der Waals surface area contributed by atoms with E-state index in [1.165, 1.54) is 14.0 Å². The number of ether oxygens (including phenoxy) is 1. The molecule has 0 bridgehead atoms. The number of carbonyl (C=O) groups excluding carboxylic acids is 1. The molecule has 7 heteroatoms. The summed E-state index contributed by atoms with van der Waals surface area (Å²) in [6.45, 7) is 6.15. The Labute approximate surface area is 88.8 Å². The third-order valence-corrected chi connectivity index (χ3v) is 2.70. The summed E-state index contributed by atoms with van der Waals surface area (Å²) >= 11 is 0. The second kappa shape index (κ2) is 6.74. The Morgan fingerprint density at radius 2 is 2.00 bits per heavy atom. The van der Waals surface area contributed by atoms with Gasteiger partial charge in [-0.25, -0.2) is 13.9 Å². The van der Waals surface area contributed by atoms with E-state index in [1.807, 2.05) is 0 Å². The molecule has 0 heterocycles. The summed E-state index contributed by atoms with van der Waals surface area (Å²) in [5.74, 6) is -0.630. The van der Waals surface area contributed by atoms with Crippen LogP contribution in [-0.2, 0) is 27.7 Å². The van der Waals surface area contributed by atoms with E-state index < -0.39 is 20.6 Å². The van der Waals surface area contributed by atoms with Crippen molar-refractivity contribution < 1.29 is 27.7 Å². The molecular weight excluding hydrogens is 223 g/mol. The van der Waals surface area contributed by atoms with Gasteiger partial charge in [0.2, 0.25) is 6.79 Å². The van der Waals surface area contributed by atoms with E-state index in [-0.39, 0.29) is 12.2 Å². The maximum atomic E-state index is 11.5. The molecule has 6 nitrogen and oxygen atoms in total. The van der Waals surface area contributed by atoms with Gasteiger partial charge in [0.05, 0.1) is 6.61 Å². The first-order valence-electron chi connectivity index (χ1n) is 4.22. The Hall–Kier alpha value is -0.680. The molecule has 0 aromatic carbocycles. The summed E-state index contributed by atoms with van der Waals surface area (Å²) in [6, 6.07) is 0. The van der Waals surface area contributed by atoms with Gasteiger partial charge in [0.15, 0.2) is 0 Å². The van der Waals surface area contributed by atoms with Crippen LogP contribution in [0.15, 0.2) is 12.2 Å². The predicted molar refractivity (Wildman–Crippen MR) is 53.1 cm³/mol. The highest BCUT2D eigenvalue weighted by Crippen LogP contribution is 2.48. The summed E-state index contributed by atoms with van der Waals surface area (Å²) in [7, 11) is -2.42. The van der Waals surface area contributed by atoms with Crippen molar-refractivity contribution >= 4 is 13.8 Å². The lowest BCUT2D eigenvalue weighted by molar-refractivity contribution is -0.146. The maximum Gasteiger partial charge on any atom is 0.477 e. The summed E-state index contributed by atoms with van der Waals surface area (Å²) in [5, 5.41) is 0. The molecule has 88 valence electrons. The van der Waals surface area contributed by atoms with E-state index in [0.29, 0.717) is 0 Å². The summed E-state index contributed by atoms with van der Waals surface area (Å²) in [6.07, 6.45) is 0. The van der Waals surface area contributed by atoms with Crippen LogP contribution >= 0.6 is 7.82 Å². The lowest BCUT2D eigenvalue weighted by Gasteiger charge is -2.14. The number of esters is 1. The van der Waals surface area contributed by atoms with Gasteiger partial charge in [-0.2, -0.15) is 0 Å². The van der Waals surface area contributed by atoms with Gasteiger partial charge in [0.1, 0.15) is 0 Å². The standard InChI is InChI=1S/C8H15O6P/c1-5-13-15(10,11-4)14-6-12-8(9)7(2)3/h2,5-6H2,1,3-4H3. The highest BCUT2D eigenvalue weighted by molar-refractivity contribution is 7.48. The van der Waals surface area contributed by atoms with E-state index >= 15 is 0 Å². The van der Waals surface area contributed by atoms with Crippen LogP contribution in [0.3, 0.4) is 0 Å². The van der Waals surface area contributed by atoms with Gasteiger partial charge < -0.3 is 4.74 Å². The molecular formula is C8H15O6P. The van der Waals surface area contributed by atoms with Crippen LogP contribution in [0.1, 0.15) is 13.8 Å². The number of carbonyl (C=O) groups is 1. The fraction of sp³-hybridized carbons (Fsp3) is 0.625. The normalized spacial score (nSPS) is 14.3. The molecule has 0 saturated heterocycles. The molecule has 0 saturated carbocycles. The maximum absolute atomic E-state index is 11.5. The van der Waals surface area contributed by atoms with Gasteiger partial charge >= 0.3 is 13.8 Å². The van der Waals surface area contributed by atoms with Crippen LogP contribution < -0.4 is 0 Å². The fourth-order valence-electron chi connectivity index (χ4n) is 0.568. The SMILES string of the molecule is C=C(C)C(=O)OCOP(=O)(OC)OCC. The third kappa shape index (κ3) is 5.69. The minimum absolute atomic E-state index is 0.166. The molecule has 0 aliphatic rings. The molecule has 0 radical (unpaired) electrons. The second-order valence-corrected chi connectivity index (χ2v) is 4.28. The molecule has 15 heavy (non-hydrogen) atoms. The topological polar surface area (TPSA) is 71.1 Å². The Morgan fingerprint density at radius 3 is 2.40 bits per heavy atom. The number of rotatable bonds is 7. The fourth-order valence-corrected chi connectivity index (χ4v) is 1.35. The van der Waals surface area contributed by atoms with Crippen LogP contribution in [0, 0.1) is 0 Å². The lowest BCUT2D eigenvalue weighted by Crippen LogP contribution is -2.09. The monoisotopic (exact) mass is 238 g/mol. The first-order chi connectivity index (χ1) is 6.95. The molecule has 0 rings (SSSR count). The molecule has 0 aromatic rings. The van der Waals surface area contributed by atoms with E-state index in [9.17, 15) is 9.36 Å². The molecule has 0 aliphatic heterocycles. The van der Waals surface area contributed by atoms with Crippen LogP contribution in [0.2, 0.25) is 0 Å². The van der Waals surface area contributed by atoms with Crippen molar-refractivity contribution in [2.24, 2.45) is 0 Å². The van der Waals surface area contributed by atoms with Crippen molar-refractivity contribution in [3.8, 4) is 0 Å². The van der Waals surface area contributed by atoms with E-state index in [1.54, 1.807) is 6.92 Å². The van der Waals surface area contributed by atoms with Gasteiger partial charge in [0, 0.05) is 12.7 Å². The van der Waals surface area contributed by atoms with Crippen LogP contribution in [-0.4, -0.2) is 26.5 Å². The smallest absolute Gasteiger partial charge is 0.435 e. The zero-order chi connectivity index (χ0) is 11.9. The molecule has 0 fully saturated rings. The van der Waals surface area contributed by atoms with Gasteiger partial charge in [-0.05, 0) is 13.8 Å². The number of phosphoric acid groups is 1. The van der Waals surface area contributed by atoms with Crippen LogP contribution in [0.5, 0.6) is 0 Å². The van der Waals surface area contributed by atoms with Gasteiger partial charge in [-0.3, -0.25) is 9.05 Å². The summed E-state index contributed by atoms with van der Waals surface area (Å²) in [4.78, 5) is 10.9. The molecule has 1 unspecified atom stereocenters. The molecule has 0 amide bonds. The van der Waals surface area contributed by atoms with Crippen molar-refractivity contribution in [3.05, 3.63) is 12.2 Å². The van der Waals surface area contributed by atoms with Crippen molar-refractivity contribution in [1.82, 2.24) is 0 Å². The number of hydrogen-bond donors (Lipinski definition) is 0. The Bertz CT molecular complexity index is 274. The minimum atomic E-state index is -3.59.